The third-order valence-electron chi connectivity index (χ3n) is 5.63. The van der Waals surface area contributed by atoms with Gasteiger partial charge >= 0.3 is 0 Å². The number of nitro groups is 1. The minimum Gasteiger partial charge on any atom is -0.464 e. The van der Waals surface area contributed by atoms with Crippen LogP contribution in [0.4, 0.5) is 11.5 Å². The number of carbonyl (C=O) groups excluding carboxylic acids is 1. The summed E-state index contributed by atoms with van der Waals surface area (Å²) >= 11 is 0. The van der Waals surface area contributed by atoms with Crippen molar-refractivity contribution >= 4 is 28.4 Å². The Morgan fingerprint density at radius 1 is 1.19 bits per heavy atom. The standard InChI is InChI=1S/C25H28N4O8/c30-9-10-34-11-12-35-24-14-17(20-16-36-21-4-2-1-3-19(20)21)13-22(37-24)25(31)27-8-7-26-23-6-5-18(15-28-23)29(32)33/h1-6,13,15-17,24,30H,7-12,14H2,(H,26,28)(H,27,31)/t17-,24+/m1/s1. The first-order valence-electron chi connectivity index (χ1n) is 11.8. The summed E-state index contributed by atoms with van der Waals surface area (Å²) < 4.78 is 22.6. The number of hydrogen-bond donors (Lipinski definition) is 3. The first-order chi connectivity index (χ1) is 18.0. The van der Waals surface area contributed by atoms with E-state index in [2.05, 4.69) is 15.6 Å². The van der Waals surface area contributed by atoms with Crippen LogP contribution in [0.25, 0.3) is 11.0 Å². The van der Waals surface area contributed by atoms with Gasteiger partial charge in [-0.15, -0.1) is 0 Å². The highest BCUT2D eigenvalue weighted by Gasteiger charge is 2.30. The number of para-hydroxylation sites is 1. The number of benzene rings is 1. The molecule has 0 saturated heterocycles. The summed E-state index contributed by atoms with van der Waals surface area (Å²) in [7, 11) is 0. The molecule has 1 amide bonds. The molecule has 4 rings (SSSR count). The largest absolute Gasteiger partial charge is 0.464 e. The number of aliphatic hydroxyl groups is 1. The van der Waals surface area contributed by atoms with Crippen molar-refractivity contribution in [2.45, 2.75) is 18.6 Å². The summed E-state index contributed by atoms with van der Waals surface area (Å²) in [6.45, 7) is 1.28. The maximum Gasteiger partial charge on any atom is 0.287 e. The molecule has 2 aromatic heterocycles. The lowest BCUT2D eigenvalue weighted by molar-refractivity contribution is -0.385. The molecule has 3 N–H and O–H groups in total. The van der Waals surface area contributed by atoms with Crippen LogP contribution in [0.1, 0.15) is 17.9 Å². The fraction of sp³-hybridized carbons (Fsp3) is 0.360. The Balaban J connectivity index is 1.37. The van der Waals surface area contributed by atoms with Crippen molar-refractivity contribution in [3.8, 4) is 0 Å². The average molecular weight is 513 g/mol. The van der Waals surface area contributed by atoms with Gasteiger partial charge in [0.1, 0.15) is 17.6 Å². The van der Waals surface area contributed by atoms with Gasteiger partial charge in [-0.2, -0.15) is 0 Å². The number of allylic oxidation sites excluding steroid dienone is 1. The third-order valence-corrected chi connectivity index (χ3v) is 5.63. The smallest absolute Gasteiger partial charge is 0.287 e. The number of anilines is 1. The maximum absolute atomic E-state index is 12.9. The zero-order valence-corrected chi connectivity index (χ0v) is 20.0. The van der Waals surface area contributed by atoms with E-state index >= 15 is 0 Å². The second-order valence-electron chi connectivity index (χ2n) is 8.16. The monoisotopic (exact) mass is 512 g/mol. The highest BCUT2D eigenvalue weighted by atomic mass is 16.7. The normalized spacial score (nSPS) is 17.2. The number of ether oxygens (including phenoxy) is 3. The van der Waals surface area contributed by atoms with Crippen LogP contribution >= 0.6 is 0 Å². The Morgan fingerprint density at radius 3 is 2.84 bits per heavy atom. The van der Waals surface area contributed by atoms with Crippen LogP contribution in [-0.2, 0) is 19.0 Å². The number of aliphatic hydroxyl groups excluding tert-OH is 1. The zero-order valence-electron chi connectivity index (χ0n) is 20.0. The van der Waals surface area contributed by atoms with Crippen molar-refractivity contribution < 1.29 is 33.5 Å². The van der Waals surface area contributed by atoms with Gasteiger partial charge in [0.05, 0.1) is 37.6 Å². The molecule has 1 aromatic carbocycles. The highest BCUT2D eigenvalue weighted by molar-refractivity contribution is 5.92. The van der Waals surface area contributed by atoms with E-state index < -0.39 is 17.1 Å². The Labute approximate surface area is 212 Å². The summed E-state index contributed by atoms with van der Waals surface area (Å²) in [6, 6.07) is 10.5. The van der Waals surface area contributed by atoms with E-state index in [4.69, 9.17) is 23.7 Å². The number of aromatic nitrogens is 1. The van der Waals surface area contributed by atoms with Gasteiger partial charge in [0, 0.05) is 42.4 Å². The molecule has 0 unspecified atom stereocenters. The van der Waals surface area contributed by atoms with E-state index in [0.29, 0.717) is 18.8 Å². The van der Waals surface area contributed by atoms with Crippen LogP contribution in [0.15, 0.2) is 65.1 Å². The lowest BCUT2D eigenvalue weighted by Crippen LogP contribution is -2.35. The van der Waals surface area contributed by atoms with Gasteiger partial charge < -0.3 is 34.4 Å². The van der Waals surface area contributed by atoms with Crippen molar-refractivity contribution in [2.75, 3.05) is 44.8 Å². The number of pyridine rings is 1. The van der Waals surface area contributed by atoms with E-state index in [-0.39, 0.29) is 50.3 Å². The van der Waals surface area contributed by atoms with Crippen LogP contribution in [0.2, 0.25) is 0 Å². The molecule has 12 heteroatoms. The van der Waals surface area contributed by atoms with Gasteiger partial charge in [-0.1, -0.05) is 18.2 Å². The molecule has 0 aliphatic carbocycles. The number of nitrogens with one attached hydrogen (secondary N) is 2. The summed E-state index contributed by atoms with van der Waals surface area (Å²) in [4.78, 5) is 27.1. The lowest BCUT2D eigenvalue weighted by Gasteiger charge is -2.29. The Hall–Kier alpha value is -4.00. The van der Waals surface area contributed by atoms with Gasteiger partial charge in [0.25, 0.3) is 11.6 Å². The molecular weight excluding hydrogens is 484 g/mol. The van der Waals surface area contributed by atoms with E-state index in [1.807, 2.05) is 24.3 Å². The first kappa shape index (κ1) is 26.1. The van der Waals surface area contributed by atoms with Crippen molar-refractivity contribution in [3.05, 3.63) is 76.4 Å². The highest BCUT2D eigenvalue weighted by Crippen LogP contribution is 2.36. The van der Waals surface area contributed by atoms with Gasteiger partial charge in [-0.25, -0.2) is 4.98 Å². The molecule has 3 aromatic rings. The van der Waals surface area contributed by atoms with Crippen molar-refractivity contribution in [2.24, 2.45) is 0 Å². The molecule has 2 atom stereocenters. The number of amides is 1. The lowest BCUT2D eigenvalue weighted by atomic mass is 9.92. The molecule has 1 aliphatic rings. The van der Waals surface area contributed by atoms with Gasteiger partial charge in [0.15, 0.2) is 5.76 Å². The molecule has 12 nitrogen and oxygen atoms in total. The molecule has 0 spiro atoms. The van der Waals surface area contributed by atoms with Crippen molar-refractivity contribution in [1.29, 1.82) is 0 Å². The van der Waals surface area contributed by atoms with Crippen LogP contribution < -0.4 is 10.6 Å². The molecular formula is C25H28N4O8. The van der Waals surface area contributed by atoms with E-state index in [9.17, 15) is 14.9 Å². The summed E-state index contributed by atoms with van der Waals surface area (Å²) in [5, 5.41) is 26.3. The van der Waals surface area contributed by atoms with Gasteiger partial charge in [0.2, 0.25) is 6.29 Å². The average Bonchev–Trinajstić information content (AvgIpc) is 3.35. The van der Waals surface area contributed by atoms with Gasteiger partial charge in [-0.3, -0.25) is 14.9 Å². The molecule has 196 valence electrons. The summed E-state index contributed by atoms with van der Waals surface area (Å²) in [5.41, 5.74) is 1.58. The second-order valence-corrected chi connectivity index (χ2v) is 8.16. The molecule has 37 heavy (non-hydrogen) atoms. The SMILES string of the molecule is O=C(NCCNc1ccc([N+](=O)[O-])cn1)C1=C[C@@H](c2coc3ccccc23)C[C@@H](OCCOCCO)O1. The summed E-state index contributed by atoms with van der Waals surface area (Å²) in [6.07, 6.45) is 4.42. The number of nitrogens with zero attached hydrogens (tertiary/aromatic N) is 2. The van der Waals surface area contributed by atoms with E-state index in [1.165, 1.54) is 12.1 Å². The molecule has 0 radical (unpaired) electrons. The third kappa shape index (κ3) is 7.03. The maximum atomic E-state index is 12.9. The Bertz CT molecular complexity index is 1230. The van der Waals surface area contributed by atoms with Crippen LogP contribution in [0, 0.1) is 10.1 Å². The van der Waals surface area contributed by atoms with Crippen molar-refractivity contribution in [3.63, 3.8) is 0 Å². The quantitative estimate of drug-likeness (QED) is 0.177. The minimum absolute atomic E-state index is 0.0717. The van der Waals surface area contributed by atoms with Crippen molar-refractivity contribution in [1.82, 2.24) is 10.3 Å². The van der Waals surface area contributed by atoms with E-state index in [0.717, 1.165) is 22.7 Å². The predicted octanol–water partition coefficient (Wildman–Crippen LogP) is 2.70. The van der Waals surface area contributed by atoms with Gasteiger partial charge in [-0.05, 0) is 18.2 Å². The summed E-state index contributed by atoms with van der Waals surface area (Å²) in [5.74, 6) is 0.0121. The van der Waals surface area contributed by atoms with Crippen LogP contribution in [0.3, 0.4) is 0 Å². The van der Waals surface area contributed by atoms with E-state index in [1.54, 1.807) is 12.3 Å². The first-order valence-corrected chi connectivity index (χ1v) is 11.8. The fourth-order valence-corrected chi connectivity index (χ4v) is 3.88. The zero-order chi connectivity index (χ0) is 26.0. The Kier molecular flexibility index (Phi) is 9.03. The number of fused-ring (bicyclic) bond motifs is 1. The topological polar surface area (TPSA) is 158 Å². The molecule has 1 aliphatic heterocycles. The molecule has 3 heterocycles. The number of rotatable bonds is 13. The number of carbonyl (C=O) groups is 1. The number of furan rings is 1. The van der Waals surface area contributed by atoms with Crippen LogP contribution in [0.5, 0.6) is 0 Å². The minimum atomic E-state index is -0.676. The molecule has 0 fully saturated rings. The number of hydrogen-bond acceptors (Lipinski definition) is 10. The van der Waals surface area contributed by atoms with Crippen LogP contribution in [-0.4, -0.2) is 66.7 Å². The fourth-order valence-electron chi connectivity index (χ4n) is 3.88. The predicted molar refractivity (Wildman–Crippen MR) is 133 cm³/mol. The second kappa shape index (κ2) is 12.8. The molecule has 0 saturated carbocycles. The Morgan fingerprint density at radius 2 is 2.05 bits per heavy atom. The molecule has 0 bridgehead atoms.